The Morgan fingerprint density at radius 2 is 1.82 bits per heavy atom. The molecule has 2 aromatic rings. The minimum Gasteiger partial charge on any atom is -0.384 e. The molecule has 0 atom stereocenters. The van der Waals surface area contributed by atoms with Gasteiger partial charge >= 0.3 is 0 Å². The Balaban J connectivity index is 1.83. The van der Waals surface area contributed by atoms with Gasteiger partial charge in [0.25, 0.3) is 0 Å². The Morgan fingerprint density at radius 3 is 2.50 bits per heavy atom. The fraction of sp³-hybridized carbons (Fsp3) is 0.133. The van der Waals surface area contributed by atoms with Gasteiger partial charge in [0.1, 0.15) is 17.5 Å². The van der Waals surface area contributed by atoms with E-state index >= 15 is 0 Å². The average Bonchev–Trinajstić information content (AvgIpc) is 2.46. The fourth-order valence-electron chi connectivity index (χ4n) is 1.73. The van der Waals surface area contributed by atoms with Gasteiger partial charge in [0, 0.05) is 24.7 Å². The molecule has 0 saturated carbocycles. The first kappa shape index (κ1) is 16.2. The van der Waals surface area contributed by atoms with E-state index in [0.717, 1.165) is 12.1 Å². The van der Waals surface area contributed by atoms with E-state index in [9.17, 15) is 18.0 Å². The Kier molecular flexibility index (Phi) is 5.27. The molecule has 1 amide bonds. The molecule has 0 aliphatic carbocycles. The molecule has 0 saturated heterocycles. The van der Waals surface area contributed by atoms with Crippen molar-refractivity contribution in [1.29, 1.82) is 0 Å². The lowest BCUT2D eigenvalue weighted by Gasteiger charge is -2.08. The molecule has 0 aliphatic heterocycles. The van der Waals surface area contributed by atoms with Gasteiger partial charge in [-0.3, -0.25) is 4.79 Å². The van der Waals surface area contributed by atoms with E-state index in [-0.39, 0.29) is 23.7 Å². The Hall–Kier alpha value is -2.21. The van der Waals surface area contributed by atoms with Crippen molar-refractivity contribution in [3.8, 4) is 0 Å². The molecule has 0 spiro atoms. The standard InChI is InChI=1S/C15H12ClF3N2O/c16-11-8-10(2-3-12(11)18)20-6-5-15(22)21-14-4-1-9(17)7-13(14)19/h1-4,7-8,20H,5-6H2,(H,21,22). The molecule has 0 aromatic heterocycles. The fourth-order valence-corrected chi connectivity index (χ4v) is 1.91. The third kappa shape index (κ3) is 4.39. The molecule has 2 rings (SSSR count). The van der Waals surface area contributed by atoms with Crippen molar-refractivity contribution in [2.75, 3.05) is 17.2 Å². The first-order chi connectivity index (χ1) is 10.5. The summed E-state index contributed by atoms with van der Waals surface area (Å²) in [6.45, 7) is 0.247. The number of hydrogen-bond acceptors (Lipinski definition) is 2. The molecule has 3 nitrogen and oxygen atoms in total. The Morgan fingerprint density at radius 1 is 1.05 bits per heavy atom. The van der Waals surface area contributed by atoms with Crippen LogP contribution in [0.4, 0.5) is 24.5 Å². The highest BCUT2D eigenvalue weighted by Crippen LogP contribution is 2.19. The van der Waals surface area contributed by atoms with Gasteiger partial charge < -0.3 is 10.6 Å². The SMILES string of the molecule is O=C(CCNc1ccc(F)c(Cl)c1)Nc1ccc(F)cc1F. The zero-order valence-electron chi connectivity index (χ0n) is 11.3. The van der Waals surface area contributed by atoms with E-state index in [1.54, 1.807) is 0 Å². The van der Waals surface area contributed by atoms with Gasteiger partial charge in [-0.15, -0.1) is 0 Å². The third-order valence-electron chi connectivity index (χ3n) is 2.81. The van der Waals surface area contributed by atoms with E-state index < -0.39 is 23.4 Å². The molecule has 0 unspecified atom stereocenters. The summed E-state index contributed by atoms with van der Waals surface area (Å²) in [6, 6.07) is 6.98. The molecule has 116 valence electrons. The summed E-state index contributed by atoms with van der Waals surface area (Å²) in [5.74, 6) is -2.53. The first-order valence-corrected chi connectivity index (χ1v) is 6.77. The van der Waals surface area contributed by atoms with Crippen molar-refractivity contribution >= 4 is 28.9 Å². The van der Waals surface area contributed by atoms with Gasteiger partial charge in [-0.1, -0.05) is 11.6 Å². The van der Waals surface area contributed by atoms with Crippen molar-refractivity contribution in [1.82, 2.24) is 0 Å². The first-order valence-electron chi connectivity index (χ1n) is 6.39. The molecule has 0 heterocycles. The number of anilines is 2. The van der Waals surface area contributed by atoms with Crippen LogP contribution in [0.15, 0.2) is 36.4 Å². The highest BCUT2D eigenvalue weighted by atomic mass is 35.5. The molecular formula is C15H12ClF3N2O. The smallest absolute Gasteiger partial charge is 0.226 e. The predicted octanol–water partition coefficient (Wildman–Crippen LogP) is 4.20. The number of carbonyl (C=O) groups is 1. The van der Waals surface area contributed by atoms with Crippen molar-refractivity contribution in [3.63, 3.8) is 0 Å². The summed E-state index contributed by atoms with van der Waals surface area (Å²) < 4.78 is 39.1. The second-order valence-electron chi connectivity index (χ2n) is 4.48. The Labute approximate surface area is 130 Å². The number of nitrogens with one attached hydrogen (secondary N) is 2. The Bertz CT molecular complexity index is 694. The minimum atomic E-state index is -0.841. The summed E-state index contributed by atoms with van der Waals surface area (Å²) in [5.41, 5.74) is 0.475. The average molecular weight is 329 g/mol. The monoisotopic (exact) mass is 328 g/mol. The quantitative estimate of drug-likeness (QED) is 0.863. The highest BCUT2D eigenvalue weighted by molar-refractivity contribution is 6.31. The molecule has 22 heavy (non-hydrogen) atoms. The number of rotatable bonds is 5. The maximum atomic E-state index is 13.4. The summed E-state index contributed by atoms with van der Waals surface area (Å²) >= 11 is 5.63. The van der Waals surface area contributed by atoms with E-state index in [2.05, 4.69) is 10.6 Å². The van der Waals surface area contributed by atoms with E-state index in [1.165, 1.54) is 18.2 Å². The summed E-state index contributed by atoms with van der Waals surface area (Å²) in [5, 5.41) is 5.20. The zero-order valence-corrected chi connectivity index (χ0v) is 12.1. The van der Waals surface area contributed by atoms with Gasteiger partial charge in [0.2, 0.25) is 5.91 Å². The molecule has 0 aliphatic rings. The molecular weight excluding hydrogens is 317 g/mol. The van der Waals surface area contributed by atoms with Crippen LogP contribution < -0.4 is 10.6 Å². The lowest BCUT2D eigenvalue weighted by molar-refractivity contribution is -0.116. The van der Waals surface area contributed by atoms with Gasteiger partial charge in [0.05, 0.1) is 10.7 Å². The van der Waals surface area contributed by atoms with Crippen molar-refractivity contribution < 1.29 is 18.0 Å². The topological polar surface area (TPSA) is 41.1 Å². The normalized spacial score (nSPS) is 10.4. The van der Waals surface area contributed by atoms with Crippen LogP contribution in [-0.4, -0.2) is 12.5 Å². The zero-order chi connectivity index (χ0) is 16.1. The minimum absolute atomic E-state index is 0.0252. The molecule has 0 radical (unpaired) electrons. The molecule has 0 bridgehead atoms. The van der Waals surface area contributed by atoms with E-state index in [1.807, 2.05) is 0 Å². The number of benzene rings is 2. The largest absolute Gasteiger partial charge is 0.384 e. The molecule has 0 fully saturated rings. The number of hydrogen-bond donors (Lipinski definition) is 2. The maximum absolute atomic E-state index is 13.4. The van der Waals surface area contributed by atoms with Crippen molar-refractivity contribution in [2.24, 2.45) is 0 Å². The van der Waals surface area contributed by atoms with Crippen LogP contribution in [-0.2, 0) is 4.79 Å². The third-order valence-corrected chi connectivity index (χ3v) is 3.10. The summed E-state index contributed by atoms with van der Waals surface area (Å²) in [4.78, 5) is 11.7. The predicted molar refractivity (Wildman–Crippen MR) is 79.5 cm³/mol. The van der Waals surface area contributed by atoms with Crippen LogP contribution in [0.25, 0.3) is 0 Å². The van der Waals surface area contributed by atoms with Gasteiger partial charge in [-0.25, -0.2) is 13.2 Å². The molecule has 2 aromatic carbocycles. The summed E-state index contributed by atoms with van der Waals surface area (Å²) in [6.07, 6.45) is 0.0474. The molecule has 2 N–H and O–H groups in total. The molecule has 7 heteroatoms. The van der Waals surface area contributed by atoms with Crippen LogP contribution in [0.3, 0.4) is 0 Å². The lowest BCUT2D eigenvalue weighted by Crippen LogP contribution is -2.17. The van der Waals surface area contributed by atoms with Crippen LogP contribution in [0.5, 0.6) is 0 Å². The maximum Gasteiger partial charge on any atom is 0.226 e. The second kappa shape index (κ2) is 7.17. The van der Waals surface area contributed by atoms with Gasteiger partial charge in [0.15, 0.2) is 0 Å². The van der Waals surface area contributed by atoms with Gasteiger partial charge in [-0.05, 0) is 30.3 Å². The van der Waals surface area contributed by atoms with Crippen LogP contribution >= 0.6 is 11.6 Å². The summed E-state index contributed by atoms with van der Waals surface area (Å²) in [7, 11) is 0. The highest BCUT2D eigenvalue weighted by Gasteiger charge is 2.08. The van der Waals surface area contributed by atoms with Crippen LogP contribution in [0.1, 0.15) is 6.42 Å². The van der Waals surface area contributed by atoms with Crippen LogP contribution in [0.2, 0.25) is 5.02 Å². The number of halogens is 4. The van der Waals surface area contributed by atoms with Crippen molar-refractivity contribution in [3.05, 3.63) is 58.9 Å². The van der Waals surface area contributed by atoms with Gasteiger partial charge in [-0.2, -0.15) is 0 Å². The lowest BCUT2D eigenvalue weighted by atomic mass is 10.2. The number of amides is 1. The van der Waals surface area contributed by atoms with Crippen molar-refractivity contribution in [2.45, 2.75) is 6.42 Å². The van der Waals surface area contributed by atoms with E-state index in [0.29, 0.717) is 11.8 Å². The second-order valence-corrected chi connectivity index (χ2v) is 4.89. The number of carbonyl (C=O) groups excluding carboxylic acids is 1. The van der Waals surface area contributed by atoms with Crippen LogP contribution in [0, 0.1) is 17.5 Å². The van der Waals surface area contributed by atoms with E-state index in [4.69, 9.17) is 11.6 Å².